The van der Waals surface area contributed by atoms with E-state index in [1.807, 2.05) is 5.57 Å². The van der Waals surface area contributed by atoms with Gasteiger partial charge in [-0.15, -0.1) is 0 Å². The molecule has 3 fully saturated rings. The highest BCUT2D eigenvalue weighted by atomic mass is 16.3. The van der Waals surface area contributed by atoms with Gasteiger partial charge in [0.25, 0.3) is 0 Å². The Kier molecular flexibility index (Phi) is 6.53. The molecule has 3 saturated carbocycles. The van der Waals surface area contributed by atoms with Gasteiger partial charge in [-0.05, 0) is 110 Å². The van der Waals surface area contributed by atoms with E-state index >= 15 is 0 Å². The average molecular weight is 415 g/mol. The molecule has 1 nitrogen and oxygen atoms in total. The lowest BCUT2D eigenvalue weighted by atomic mass is 9.47. The number of hydrogen-bond donors (Lipinski definition) is 1. The Bertz CT molecular complexity index is 634. The summed E-state index contributed by atoms with van der Waals surface area (Å²) < 4.78 is 0. The molecule has 4 aliphatic rings. The second-order valence-electron chi connectivity index (χ2n) is 13.2. The summed E-state index contributed by atoms with van der Waals surface area (Å²) >= 11 is 0. The van der Waals surface area contributed by atoms with Crippen molar-refractivity contribution in [1.29, 1.82) is 0 Å². The number of aliphatic hydroxyl groups excluding tert-OH is 1. The van der Waals surface area contributed by atoms with Crippen LogP contribution in [0.2, 0.25) is 0 Å². The van der Waals surface area contributed by atoms with Gasteiger partial charge >= 0.3 is 0 Å². The molecule has 9 atom stereocenters. The zero-order chi connectivity index (χ0) is 21.7. The molecule has 0 aromatic heterocycles. The van der Waals surface area contributed by atoms with E-state index in [1.54, 1.807) is 0 Å². The molecule has 0 heterocycles. The van der Waals surface area contributed by atoms with Crippen LogP contribution in [-0.2, 0) is 0 Å². The maximum atomic E-state index is 10.3. The van der Waals surface area contributed by atoms with Crippen molar-refractivity contribution in [3.8, 4) is 0 Å². The molecular weight excluding hydrogens is 364 g/mol. The minimum Gasteiger partial charge on any atom is -0.393 e. The molecule has 1 N–H and O–H groups in total. The number of allylic oxidation sites excluding steroid dienone is 2. The fourth-order valence-electron chi connectivity index (χ4n) is 9.14. The monoisotopic (exact) mass is 414 g/mol. The Balaban J connectivity index is 1.46. The second-order valence-corrected chi connectivity index (χ2v) is 13.2. The molecule has 172 valence electrons. The van der Waals surface area contributed by atoms with Gasteiger partial charge in [0, 0.05) is 0 Å². The Hall–Kier alpha value is -0.300. The van der Waals surface area contributed by atoms with E-state index in [1.165, 1.54) is 57.8 Å². The zero-order valence-electron chi connectivity index (χ0n) is 20.9. The molecular formula is C29H50O. The van der Waals surface area contributed by atoms with E-state index < -0.39 is 0 Å². The van der Waals surface area contributed by atoms with Crippen LogP contribution in [0.25, 0.3) is 0 Å². The first-order valence-corrected chi connectivity index (χ1v) is 13.5. The standard InChI is InChI=1S/C29H50O/c1-19(2)17-20(3)7-8-21(4)25-11-12-26-24-10-9-22-18-23(30)13-15-28(22,5)27(24)14-16-29(25,26)6/h10,19-23,25-27,30H,7-9,11-18H2,1-6H3/t20-,21+,22-,23-,25+,26-,27-,28-,29+/m0/s1. The fraction of sp³-hybridized carbons (Fsp3) is 0.931. The van der Waals surface area contributed by atoms with E-state index in [0.29, 0.717) is 10.8 Å². The largest absolute Gasteiger partial charge is 0.393 e. The van der Waals surface area contributed by atoms with Crippen LogP contribution in [0.5, 0.6) is 0 Å². The number of aliphatic hydroxyl groups is 1. The van der Waals surface area contributed by atoms with Crippen molar-refractivity contribution >= 4 is 0 Å². The van der Waals surface area contributed by atoms with E-state index in [0.717, 1.165) is 54.3 Å². The maximum absolute atomic E-state index is 10.3. The van der Waals surface area contributed by atoms with Gasteiger partial charge in [-0.3, -0.25) is 0 Å². The molecule has 0 radical (unpaired) electrons. The number of rotatable bonds is 6. The van der Waals surface area contributed by atoms with Gasteiger partial charge in [-0.25, -0.2) is 0 Å². The van der Waals surface area contributed by atoms with Crippen molar-refractivity contribution in [1.82, 2.24) is 0 Å². The summed E-state index contributed by atoms with van der Waals surface area (Å²) in [4.78, 5) is 0. The first-order valence-electron chi connectivity index (χ1n) is 13.5. The first kappa shape index (κ1) is 22.9. The minimum atomic E-state index is -0.0401. The van der Waals surface area contributed by atoms with Crippen molar-refractivity contribution in [2.45, 2.75) is 118 Å². The summed E-state index contributed by atoms with van der Waals surface area (Å²) in [5, 5.41) is 10.3. The Morgan fingerprint density at radius 3 is 2.37 bits per heavy atom. The molecule has 4 aliphatic carbocycles. The second kappa shape index (κ2) is 8.57. The van der Waals surface area contributed by atoms with Gasteiger partial charge in [-0.2, -0.15) is 0 Å². The van der Waals surface area contributed by atoms with E-state index in [9.17, 15) is 5.11 Å². The van der Waals surface area contributed by atoms with Crippen LogP contribution in [0, 0.1) is 52.3 Å². The third-order valence-electron chi connectivity index (χ3n) is 10.8. The predicted molar refractivity (Wildman–Crippen MR) is 128 cm³/mol. The van der Waals surface area contributed by atoms with E-state index in [4.69, 9.17) is 0 Å². The molecule has 0 spiro atoms. The summed E-state index contributed by atoms with van der Waals surface area (Å²) in [7, 11) is 0. The summed E-state index contributed by atoms with van der Waals surface area (Å²) in [6.45, 7) is 15.1. The van der Waals surface area contributed by atoms with Gasteiger partial charge in [0.15, 0.2) is 0 Å². The van der Waals surface area contributed by atoms with Crippen LogP contribution in [0.1, 0.15) is 112 Å². The first-order chi connectivity index (χ1) is 14.1. The molecule has 0 unspecified atom stereocenters. The molecule has 0 saturated heterocycles. The van der Waals surface area contributed by atoms with Crippen LogP contribution in [0.15, 0.2) is 11.6 Å². The van der Waals surface area contributed by atoms with Crippen LogP contribution in [0.4, 0.5) is 0 Å². The minimum absolute atomic E-state index is 0.0401. The molecule has 0 amide bonds. The molecule has 0 aromatic carbocycles. The van der Waals surface area contributed by atoms with E-state index in [2.05, 4.69) is 47.6 Å². The van der Waals surface area contributed by atoms with Gasteiger partial charge in [0.05, 0.1) is 6.10 Å². The highest BCUT2D eigenvalue weighted by molar-refractivity contribution is 5.27. The quantitative estimate of drug-likeness (QED) is 0.436. The number of fused-ring (bicyclic) bond motifs is 5. The van der Waals surface area contributed by atoms with Gasteiger partial charge in [-0.1, -0.05) is 66.0 Å². The fourth-order valence-corrected chi connectivity index (χ4v) is 9.14. The van der Waals surface area contributed by atoms with Crippen LogP contribution in [-0.4, -0.2) is 11.2 Å². The predicted octanol–water partition coefficient (Wildman–Crippen LogP) is 8.02. The Morgan fingerprint density at radius 2 is 1.63 bits per heavy atom. The van der Waals surface area contributed by atoms with Crippen molar-refractivity contribution in [3.05, 3.63) is 11.6 Å². The topological polar surface area (TPSA) is 20.2 Å². The van der Waals surface area contributed by atoms with Crippen LogP contribution >= 0.6 is 0 Å². The Labute approximate surface area is 187 Å². The lowest BCUT2D eigenvalue weighted by Crippen LogP contribution is -2.49. The van der Waals surface area contributed by atoms with Crippen molar-refractivity contribution in [2.24, 2.45) is 52.3 Å². The average Bonchev–Trinajstić information content (AvgIpc) is 3.03. The molecule has 0 bridgehead atoms. The number of hydrogen-bond acceptors (Lipinski definition) is 1. The smallest absolute Gasteiger partial charge is 0.0543 e. The molecule has 0 aliphatic heterocycles. The Morgan fingerprint density at radius 1 is 0.933 bits per heavy atom. The van der Waals surface area contributed by atoms with Gasteiger partial charge in [0.2, 0.25) is 0 Å². The highest BCUT2D eigenvalue weighted by Crippen LogP contribution is 2.67. The van der Waals surface area contributed by atoms with Crippen LogP contribution in [0.3, 0.4) is 0 Å². The molecule has 1 heteroatoms. The van der Waals surface area contributed by atoms with E-state index in [-0.39, 0.29) is 6.10 Å². The SMILES string of the molecule is CC(C)C[C@@H](C)CC[C@@H](C)[C@H]1CC[C@H]2C3=CC[C@H]4C[C@@H](O)CC[C@]4(C)[C@H]3CC[C@]12C. The van der Waals surface area contributed by atoms with Crippen LogP contribution < -0.4 is 0 Å². The van der Waals surface area contributed by atoms with Crippen molar-refractivity contribution < 1.29 is 5.11 Å². The molecule has 30 heavy (non-hydrogen) atoms. The van der Waals surface area contributed by atoms with Crippen molar-refractivity contribution in [3.63, 3.8) is 0 Å². The highest BCUT2D eigenvalue weighted by Gasteiger charge is 2.58. The lowest BCUT2D eigenvalue weighted by molar-refractivity contribution is -0.0428. The third-order valence-corrected chi connectivity index (χ3v) is 10.8. The molecule has 0 aromatic rings. The normalized spacial score (nSPS) is 45.3. The van der Waals surface area contributed by atoms with Gasteiger partial charge < -0.3 is 5.11 Å². The third kappa shape index (κ3) is 3.95. The van der Waals surface area contributed by atoms with Crippen molar-refractivity contribution in [2.75, 3.05) is 0 Å². The summed E-state index contributed by atoms with van der Waals surface area (Å²) in [5.74, 6) is 5.90. The zero-order valence-corrected chi connectivity index (χ0v) is 20.9. The summed E-state index contributed by atoms with van der Waals surface area (Å²) in [6.07, 6.45) is 17.2. The summed E-state index contributed by atoms with van der Waals surface area (Å²) in [6, 6.07) is 0. The van der Waals surface area contributed by atoms with Gasteiger partial charge in [0.1, 0.15) is 0 Å². The maximum Gasteiger partial charge on any atom is 0.0543 e. The molecule has 4 rings (SSSR count). The lowest BCUT2D eigenvalue weighted by Gasteiger charge is -2.57. The summed E-state index contributed by atoms with van der Waals surface area (Å²) in [5.41, 5.74) is 2.88.